The Hall–Kier alpha value is -1.79. The second kappa shape index (κ2) is 6.78. The molecule has 5 N–H and O–H groups in total. The first-order valence-corrected chi connectivity index (χ1v) is 6.92. The van der Waals surface area contributed by atoms with E-state index < -0.39 is 34.9 Å². The zero-order chi connectivity index (χ0) is 17.0. The fourth-order valence-electron chi connectivity index (χ4n) is 1.69. The molecular formula is C14H27N3O4. The molecule has 0 aromatic heterocycles. The number of aliphatic carboxylic acids is 1. The fraction of sp³-hybridized carbons (Fsp3) is 0.786. The normalized spacial score (nSPS) is 13.7. The zero-order valence-corrected chi connectivity index (χ0v) is 13.6. The topological polar surface area (TPSA) is 122 Å². The second-order valence-corrected chi connectivity index (χ2v) is 6.74. The van der Waals surface area contributed by atoms with Gasteiger partial charge in [-0.2, -0.15) is 0 Å². The average Bonchev–Trinajstić information content (AvgIpc) is 2.25. The van der Waals surface area contributed by atoms with Crippen molar-refractivity contribution in [1.82, 2.24) is 10.6 Å². The Morgan fingerprint density at radius 3 is 1.95 bits per heavy atom. The molecule has 0 aliphatic heterocycles. The average molecular weight is 301 g/mol. The van der Waals surface area contributed by atoms with Crippen molar-refractivity contribution in [3.8, 4) is 0 Å². The first kappa shape index (κ1) is 19.2. The third-order valence-corrected chi connectivity index (χ3v) is 3.87. The molecule has 7 nitrogen and oxygen atoms in total. The van der Waals surface area contributed by atoms with Crippen LogP contribution in [0.2, 0.25) is 0 Å². The van der Waals surface area contributed by atoms with Crippen LogP contribution in [-0.2, 0) is 9.59 Å². The predicted molar refractivity (Wildman–Crippen MR) is 79.6 cm³/mol. The lowest BCUT2D eigenvalue weighted by Crippen LogP contribution is -2.61. The molecule has 1 unspecified atom stereocenters. The summed E-state index contributed by atoms with van der Waals surface area (Å²) in [6, 6.07) is -1.57. The van der Waals surface area contributed by atoms with E-state index in [0.29, 0.717) is 6.42 Å². The first-order valence-electron chi connectivity index (χ1n) is 6.92. The van der Waals surface area contributed by atoms with E-state index in [-0.39, 0.29) is 5.92 Å². The maximum absolute atomic E-state index is 12.3. The van der Waals surface area contributed by atoms with Gasteiger partial charge in [0.15, 0.2) is 0 Å². The van der Waals surface area contributed by atoms with Crippen molar-refractivity contribution in [3.63, 3.8) is 0 Å². The van der Waals surface area contributed by atoms with Crippen LogP contribution in [-0.4, -0.2) is 34.6 Å². The number of rotatable bonds is 7. The Kier molecular flexibility index (Phi) is 6.20. The van der Waals surface area contributed by atoms with Crippen molar-refractivity contribution in [2.24, 2.45) is 17.1 Å². The van der Waals surface area contributed by atoms with Crippen LogP contribution in [0.3, 0.4) is 0 Å². The van der Waals surface area contributed by atoms with Gasteiger partial charge in [-0.3, -0.25) is 9.59 Å². The molecule has 0 aliphatic carbocycles. The lowest BCUT2D eigenvalue weighted by molar-refractivity contribution is -0.152. The van der Waals surface area contributed by atoms with E-state index >= 15 is 0 Å². The lowest BCUT2D eigenvalue weighted by Gasteiger charge is -2.39. The highest BCUT2D eigenvalue weighted by molar-refractivity contribution is 5.88. The van der Waals surface area contributed by atoms with E-state index in [9.17, 15) is 19.5 Å². The van der Waals surface area contributed by atoms with Gasteiger partial charge in [0, 0.05) is 0 Å². The summed E-state index contributed by atoms with van der Waals surface area (Å²) in [6.07, 6.45) is 0.415. The first-order chi connectivity index (χ1) is 9.31. The number of nitrogens with one attached hydrogen (secondary N) is 2. The molecule has 1 atom stereocenters. The van der Waals surface area contributed by atoms with Gasteiger partial charge < -0.3 is 21.5 Å². The highest BCUT2D eigenvalue weighted by atomic mass is 16.4. The van der Waals surface area contributed by atoms with E-state index in [2.05, 4.69) is 10.6 Å². The van der Waals surface area contributed by atoms with E-state index in [1.165, 1.54) is 13.8 Å². The van der Waals surface area contributed by atoms with E-state index in [4.69, 9.17) is 5.73 Å². The molecular weight excluding hydrogens is 274 g/mol. The van der Waals surface area contributed by atoms with Gasteiger partial charge in [0.25, 0.3) is 0 Å². The van der Waals surface area contributed by atoms with Gasteiger partial charge in [0.2, 0.25) is 5.91 Å². The third kappa shape index (κ3) is 5.24. The quantitative estimate of drug-likeness (QED) is 0.562. The van der Waals surface area contributed by atoms with E-state index in [1.807, 2.05) is 13.8 Å². The maximum Gasteiger partial charge on any atom is 0.312 e. The molecule has 0 fully saturated rings. The van der Waals surface area contributed by atoms with Gasteiger partial charge in [0.05, 0.1) is 11.0 Å². The van der Waals surface area contributed by atoms with Crippen molar-refractivity contribution in [3.05, 3.63) is 0 Å². The minimum atomic E-state index is -1.17. The molecule has 0 heterocycles. The number of primary amides is 1. The Morgan fingerprint density at radius 1 is 1.14 bits per heavy atom. The summed E-state index contributed by atoms with van der Waals surface area (Å²) < 4.78 is 0. The predicted octanol–water partition coefficient (Wildman–Crippen LogP) is 1.08. The standard InChI is InChI=1S/C14H27N3O4/c1-8(2)7-9(16-12(15)21)10(18)17-14(5,6)13(3,4)11(19)20/h8-9H,7H2,1-6H3,(H,17,18)(H,19,20)(H3,15,16,21). The number of urea groups is 1. The van der Waals surface area contributed by atoms with E-state index in [1.54, 1.807) is 13.8 Å². The van der Waals surface area contributed by atoms with Crippen molar-refractivity contribution in [2.45, 2.75) is 59.5 Å². The van der Waals surface area contributed by atoms with Crippen LogP contribution < -0.4 is 16.4 Å². The fourth-order valence-corrected chi connectivity index (χ4v) is 1.69. The van der Waals surface area contributed by atoms with Crippen LogP contribution in [0.15, 0.2) is 0 Å². The summed E-state index contributed by atoms with van der Waals surface area (Å²) >= 11 is 0. The van der Waals surface area contributed by atoms with Crippen LogP contribution in [0.5, 0.6) is 0 Å². The summed E-state index contributed by atoms with van der Waals surface area (Å²) in [4.78, 5) is 34.7. The number of carboxylic acid groups (broad SMARTS) is 1. The molecule has 0 rings (SSSR count). The third-order valence-electron chi connectivity index (χ3n) is 3.87. The number of carbonyl (C=O) groups is 3. The van der Waals surface area contributed by atoms with Crippen LogP contribution in [0.1, 0.15) is 48.0 Å². The van der Waals surface area contributed by atoms with Gasteiger partial charge in [-0.05, 0) is 40.0 Å². The minimum Gasteiger partial charge on any atom is -0.481 e. The molecule has 0 spiro atoms. The number of carboxylic acids is 1. The van der Waals surface area contributed by atoms with Gasteiger partial charge in [0.1, 0.15) is 6.04 Å². The van der Waals surface area contributed by atoms with Gasteiger partial charge in [-0.1, -0.05) is 13.8 Å². The second-order valence-electron chi connectivity index (χ2n) is 6.74. The molecule has 0 aromatic rings. The summed E-state index contributed by atoms with van der Waals surface area (Å²) in [6.45, 7) is 10.2. The molecule has 0 aliphatic rings. The molecule has 0 saturated carbocycles. The molecule has 21 heavy (non-hydrogen) atoms. The SMILES string of the molecule is CC(C)CC(NC(N)=O)C(=O)NC(C)(C)C(C)(C)C(=O)O. The van der Waals surface area contributed by atoms with Crippen LogP contribution in [0.4, 0.5) is 4.79 Å². The highest BCUT2D eigenvalue weighted by Gasteiger charge is 2.45. The largest absolute Gasteiger partial charge is 0.481 e. The molecule has 7 heteroatoms. The molecule has 0 saturated heterocycles. The number of nitrogens with two attached hydrogens (primary N) is 1. The van der Waals surface area contributed by atoms with Crippen LogP contribution in [0.25, 0.3) is 0 Å². The number of hydrogen-bond donors (Lipinski definition) is 4. The highest BCUT2D eigenvalue weighted by Crippen LogP contribution is 2.30. The van der Waals surface area contributed by atoms with Crippen molar-refractivity contribution < 1.29 is 19.5 Å². The smallest absolute Gasteiger partial charge is 0.312 e. The van der Waals surface area contributed by atoms with Crippen molar-refractivity contribution in [1.29, 1.82) is 0 Å². The number of carbonyl (C=O) groups excluding carboxylic acids is 2. The number of amides is 3. The summed E-state index contributed by atoms with van der Waals surface area (Å²) in [5.41, 5.74) is 2.92. The monoisotopic (exact) mass is 301 g/mol. The molecule has 0 radical (unpaired) electrons. The van der Waals surface area contributed by atoms with Gasteiger partial charge >= 0.3 is 12.0 Å². The van der Waals surface area contributed by atoms with E-state index in [0.717, 1.165) is 0 Å². The Bertz CT molecular complexity index is 416. The Labute approximate surface area is 125 Å². The van der Waals surface area contributed by atoms with Crippen molar-refractivity contribution >= 4 is 17.9 Å². The van der Waals surface area contributed by atoms with Crippen LogP contribution >= 0.6 is 0 Å². The number of hydrogen-bond acceptors (Lipinski definition) is 3. The molecule has 3 amide bonds. The lowest BCUT2D eigenvalue weighted by atomic mass is 9.74. The minimum absolute atomic E-state index is 0.170. The Balaban J connectivity index is 5.12. The summed E-state index contributed by atoms with van der Waals surface area (Å²) in [5.74, 6) is -1.29. The zero-order valence-electron chi connectivity index (χ0n) is 13.6. The maximum atomic E-state index is 12.3. The molecule has 122 valence electrons. The van der Waals surface area contributed by atoms with Crippen LogP contribution in [0, 0.1) is 11.3 Å². The Morgan fingerprint density at radius 2 is 1.62 bits per heavy atom. The summed E-state index contributed by atoms with van der Waals surface area (Å²) in [5, 5.41) is 14.4. The van der Waals surface area contributed by atoms with Gasteiger partial charge in [-0.25, -0.2) is 4.79 Å². The molecule has 0 aromatic carbocycles. The summed E-state index contributed by atoms with van der Waals surface area (Å²) in [7, 11) is 0. The molecule has 0 bridgehead atoms. The van der Waals surface area contributed by atoms with Gasteiger partial charge in [-0.15, -0.1) is 0 Å². The van der Waals surface area contributed by atoms with Crippen molar-refractivity contribution in [2.75, 3.05) is 0 Å².